The Hall–Kier alpha value is -2.21. The van der Waals surface area contributed by atoms with Gasteiger partial charge in [-0.05, 0) is 37.4 Å². The summed E-state index contributed by atoms with van der Waals surface area (Å²) in [6.07, 6.45) is -0.885. The fourth-order valence-electron chi connectivity index (χ4n) is 3.03. The van der Waals surface area contributed by atoms with Crippen molar-refractivity contribution < 1.29 is 27.5 Å². The van der Waals surface area contributed by atoms with Gasteiger partial charge in [0, 0.05) is 19.6 Å². The summed E-state index contributed by atoms with van der Waals surface area (Å²) in [4.78, 5) is 26.2. The van der Waals surface area contributed by atoms with Gasteiger partial charge >= 0.3 is 11.8 Å². The first-order valence-corrected chi connectivity index (χ1v) is 11.3. The molecule has 1 aliphatic rings. The van der Waals surface area contributed by atoms with Crippen LogP contribution in [0.15, 0.2) is 29.2 Å². The molecule has 11 heteroatoms. The summed E-state index contributed by atoms with van der Waals surface area (Å²) < 4.78 is 37.5. The quantitative estimate of drug-likeness (QED) is 0.474. The number of methoxy groups -OCH3 is 1. The van der Waals surface area contributed by atoms with Crippen LogP contribution in [0, 0.1) is 0 Å². The molecule has 1 fully saturated rings. The van der Waals surface area contributed by atoms with Crippen molar-refractivity contribution in [3.8, 4) is 5.75 Å². The smallest absolute Gasteiger partial charge is 0.309 e. The van der Waals surface area contributed by atoms with Crippen LogP contribution in [0.25, 0.3) is 0 Å². The average Bonchev–Trinajstić information content (AvgIpc) is 3.24. The highest BCUT2D eigenvalue weighted by molar-refractivity contribution is 7.89. The number of sulfonamides is 1. The van der Waals surface area contributed by atoms with Gasteiger partial charge in [0.15, 0.2) is 0 Å². The standard InChI is InChI=1S/C19H30N4O6S/c1-4-22(5-2)11-10-20-18(24)19(25)21-14-17-23(12-13-29-17)30(26,27)16-8-6-15(28-3)7-9-16/h6-9,17H,4-5,10-14H2,1-3H3,(H,20,24)(H,21,25)/t17-/m1/s1. The Kier molecular flexibility index (Phi) is 9.03. The third-order valence-corrected chi connectivity index (χ3v) is 6.76. The number of ether oxygens (including phenoxy) is 2. The second kappa shape index (κ2) is 11.3. The van der Waals surface area contributed by atoms with Crippen LogP contribution in [-0.2, 0) is 24.3 Å². The Labute approximate surface area is 177 Å². The lowest BCUT2D eigenvalue weighted by atomic mass is 10.3. The van der Waals surface area contributed by atoms with E-state index in [4.69, 9.17) is 9.47 Å². The van der Waals surface area contributed by atoms with Crippen molar-refractivity contribution >= 4 is 21.8 Å². The van der Waals surface area contributed by atoms with Crippen molar-refractivity contribution in [2.45, 2.75) is 25.0 Å². The first kappa shape index (κ1) is 24.1. The number of amides is 2. The van der Waals surface area contributed by atoms with Gasteiger partial charge in [-0.25, -0.2) is 8.42 Å². The van der Waals surface area contributed by atoms with Crippen molar-refractivity contribution in [1.82, 2.24) is 19.8 Å². The van der Waals surface area contributed by atoms with Crippen molar-refractivity contribution in [3.05, 3.63) is 24.3 Å². The van der Waals surface area contributed by atoms with Crippen LogP contribution in [0.3, 0.4) is 0 Å². The molecule has 2 rings (SSSR count). The minimum absolute atomic E-state index is 0.0965. The number of rotatable bonds is 10. The van der Waals surface area contributed by atoms with Crippen LogP contribution in [-0.4, -0.2) is 88.7 Å². The number of carbonyl (C=O) groups excluding carboxylic acids is 2. The first-order valence-electron chi connectivity index (χ1n) is 9.89. The lowest BCUT2D eigenvalue weighted by molar-refractivity contribution is -0.139. The predicted octanol–water partition coefficient (Wildman–Crippen LogP) is -0.384. The van der Waals surface area contributed by atoms with Crippen molar-refractivity contribution in [2.24, 2.45) is 0 Å². The van der Waals surface area contributed by atoms with E-state index in [2.05, 4.69) is 15.5 Å². The van der Waals surface area contributed by atoms with E-state index in [1.54, 1.807) is 12.1 Å². The van der Waals surface area contributed by atoms with Crippen molar-refractivity contribution in [1.29, 1.82) is 0 Å². The van der Waals surface area contributed by atoms with E-state index in [9.17, 15) is 18.0 Å². The maximum Gasteiger partial charge on any atom is 0.309 e. The van der Waals surface area contributed by atoms with Gasteiger partial charge in [-0.1, -0.05) is 13.8 Å². The summed E-state index contributed by atoms with van der Waals surface area (Å²) in [5, 5.41) is 5.00. The summed E-state index contributed by atoms with van der Waals surface area (Å²) in [5.41, 5.74) is 0. The van der Waals surface area contributed by atoms with E-state index >= 15 is 0 Å². The minimum Gasteiger partial charge on any atom is -0.497 e. The van der Waals surface area contributed by atoms with Gasteiger partial charge in [0.2, 0.25) is 10.0 Å². The van der Waals surface area contributed by atoms with Gasteiger partial charge in [-0.3, -0.25) is 9.59 Å². The Morgan fingerprint density at radius 3 is 2.40 bits per heavy atom. The molecule has 0 aliphatic carbocycles. The maximum atomic E-state index is 12.9. The second-order valence-electron chi connectivity index (χ2n) is 6.61. The van der Waals surface area contributed by atoms with Crippen LogP contribution in [0.2, 0.25) is 0 Å². The molecule has 0 aromatic heterocycles. The van der Waals surface area contributed by atoms with E-state index in [1.807, 2.05) is 13.8 Å². The molecule has 1 saturated heterocycles. The zero-order chi connectivity index (χ0) is 22.1. The van der Waals surface area contributed by atoms with E-state index in [1.165, 1.54) is 23.5 Å². The molecule has 30 heavy (non-hydrogen) atoms. The number of carbonyl (C=O) groups is 2. The molecule has 0 unspecified atom stereocenters. The summed E-state index contributed by atoms with van der Waals surface area (Å²) in [5.74, 6) is -1.04. The first-order chi connectivity index (χ1) is 14.3. The molecule has 1 aromatic carbocycles. The maximum absolute atomic E-state index is 12.9. The predicted molar refractivity (Wildman–Crippen MR) is 110 cm³/mol. The number of likely N-dealkylation sites (N-methyl/N-ethyl adjacent to an activating group) is 1. The summed E-state index contributed by atoms with van der Waals surface area (Å²) in [6, 6.07) is 6.02. The van der Waals surface area contributed by atoms with E-state index in [0.29, 0.717) is 18.8 Å². The van der Waals surface area contributed by atoms with Crippen LogP contribution in [0.1, 0.15) is 13.8 Å². The van der Waals surface area contributed by atoms with E-state index in [0.717, 1.165) is 13.1 Å². The molecule has 10 nitrogen and oxygen atoms in total. The molecule has 2 N–H and O–H groups in total. The van der Waals surface area contributed by atoms with Gasteiger partial charge in [0.1, 0.15) is 12.0 Å². The highest BCUT2D eigenvalue weighted by Crippen LogP contribution is 2.23. The SMILES string of the molecule is CCN(CC)CCNC(=O)C(=O)NC[C@H]1OCCN1S(=O)(=O)c1ccc(OC)cc1. The molecule has 1 aromatic rings. The fourth-order valence-corrected chi connectivity index (χ4v) is 4.54. The number of benzene rings is 1. The molecule has 1 aliphatic heterocycles. The van der Waals surface area contributed by atoms with Gasteiger partial charge < -0.3 is 25.0 Å². The fraction of sp³-hybridized carbons (Fsp3) is 0.579. The topological polar surface area (TPSA) is 117 Å². The van der Waals surface area contributed by atoms with Gasteiger partial charge in [-0.2, -0.15) is 4.31 Å². The molecule has 1 heterocycles. The number of hydrogen-bond acceptors (Lipinski definition) is 7. The largest absolute Gasteiger partial charge is 0.497 e. The molecule has 0 bridgehead atoms. The molecule has 0 saturated carbocycles. The Bertz CT molecular complexity index is 811. The number of hydrogen-bond donors (Lipinski definition) is 2. The Morgan fingerprint density at radius 1 is 1.17 bits per heavy atom. The molecular weight excluding hydrogens is 412 g/mol. The van der Waals surface area contributed by atoms with Gasteiger partial charge in [-0.15, -0.1) is 0 Å². The summed E-state index contributed by atoms with van der Waals surface area (Å²) in [6.45, 7) is 6.98. The molecule has 0 radical (unpaired) electrons. The molecule has 0 spiro atoms. The lowest BCUT2D eigenvalue weighted by Gasteiger charge is -2.23. The van der Waals surface area contributed by atoms with Crippen molar-refractivity contribution in [2.75, 3.05) is 53.0 Å². The molecule has 168 valence electrons. The lowest BCUT2D eigenvalue weighted by Crippen LogP contribution is -2.48. The molecule has 1 atom stereocenters. The minimum atomic E-state index is -3.82. The van der Waals surface area contributed by atoms with Crippen molar-refractivity contribution in [3.63, 3.8) is 0 Å². The van der Waals surface area contributed by atoms with Crippen LogP contribution >= 0.6 is 0 Å². The second-order valence-corrected chi connectivity index (χ2v) is 8.50. The number of nitrogens with zero attached hydrogens (tertiary/aromatic N) is 2. The van der Waals surface area contributed by atoms with Gasteiger partial charge in [0.05, 0.1) is 25.2 Å². The Balaban J connectivity index is 1.89. The summed E-state index contributed by atoms with van der Waals surface area (Å²) in [7, 11) is -2.32. The third-order valence-electron chi connectivity index (χ3n) is 4.86. The summed E-state index contributed by atoms with van der Waals surface area (Å²) >= 11 is 0. The highest BCUT2D eigenvalue weighted by atomic mass is 32.2. The normalized spacial score (nSPS) is 17.1. The molecular formula is C19H30N4O6S. The average molecular weight is 443 g/mol. The third kappa shape index (κ3) is 6.14. The Morgan fingerprint density at radius 2 is 1.80 bits per heavy atom. The van der Waals surface area contributed by atoms with E-state index < -0.39 is 28.1 Å². The van der Waals surface area contributed by atoms with Gasteiger partial charge in [0.25, 0.3) is 0 Å². The van der Waals surface area contributed by atoms with Crippen LogP contribution < -0.4 is 15.4 Å². The number of nitrogens with one attached hydrogen (secondary N) is 2. The zero-order valence-electron chi connectivity index (χ0n) is 17.6. The highest BCUT2D eigenvalue weighted by Gasteiger charge is 2.36. The monoisotopic (exact) mass is 442 g/mol. The van der Waals surface area contributed by atoms with E-state index in [-0.39, 0.29) is 24.6 Å². The zero-order valence-corrected chi connectivity index (χ0v) is 18.4. The van der Waals surface area contributed by atoms with Crippen LogP contribution in [0.4, 0.5) is 0 Å². The van der Waals surface area contributed by atoms with Crippen LogP contribution in [0.5, 0.6) is 5.75 Å². The molecule has 2 amide bonds.